The number of methoxy groups -OCH3 is 1. The van der Waals surface area contributed by atoms with Crippen LogP contribution in [0.1, 0.15) is 40.5 Å². The van der Waals surface area contributed by atoms with E-state index in [1.807, 2.05) is 26.8 Å². The third kappa shape index (κ3) is 4.29. The van der Waals surface area contributed by atoms with Crippen molar-refractivity contribution >= 4 is 17.7 Å². The van der Waals surface area contributed by atoms with E-state index in [1.165, 1.54) is 7.11 Å². The van der Waals surface area contributed by atoms with Crippen LogP contribution in [0, 0.1) is 17.3 Å². The molecular weight excluding hydrogens is 344 g/mol. The Morgan fingerprint density at radius 3 is 2.59 bits per heavy atom. The van der Waals surface area contributed by atoms with Crippen molar-refractivity contribution in [2.24, 2.45) is 17.3 Å². The molecule has 0 unspecified atom stereocenters. The second kappa shape index (κ2) is 8.07. The number of hydrogen-bond acceptors (Lipinski definition) is 5. The van der Waals surface area contributed by atoms with Gasteiger partial charge in [-0.1, -0.05) is 44.7 Å². The molecule has 3 atom stereocenters. The average molecular weight is 372 g/mol. The van der Waals surface area contributed by atoms with Crippen LogP contribution in [0.5, 0.6) is 0 Å². The van der Waals surface area contributed by atoms with E-state index < -0.39 is 12.1 Å². The topological polar surface area (TPSA) is 69.7 Å². The zero-order chi connectivity index (χ0) is 20.4. The maximum atomic E-state index is 12.7. The molecule has 0 heterocycles. The quantitative estimate of drug-likeness (QED) is 0.387. The standard InChI is InChI=1S/C22H28O5/c1-7-8-9-10-15-14(3)18(12-17(15)23)27-21(25)19-16(22(19,4)5)11-13(2)20(24)26-6/h7-9,11,16,18-19H,1,10,12H2,2-6H3/b9-8+,13-11+/t16-,18-,19-/m1/s1. The van der Waals surface area contributed by atoms with E-state index in [-0.39, 0.29) is 35.4 Å². The lowest BCUT2D eigenvalue weighted by atomic mass is 10.1. The van der Waals surface area contributed by atoms with Gasteiger partial charge in [-0.15, -0.1) is 0 Å². The third-order valence-electron chi connectivity index (χ3n) is 5.62. The summed E-state index contributed by atoms with van der Waals surface area (Å²) < 4.78 is 10.4. The fourth-order valence-corrected chi connectivity index (χ4v) is 3.70. The number of esters is 2. The number of carbonyl (C=O) groups excluding carboxylic acids is 3. The highest BCUT2D eigenvalue weighted by molar-refractivity contribution is 6.00. The normalized spacial score (nSPS) is 27.1. The SMILES string of the molecule is C=C/C=C/CC1=C(C)[C@H](OC(=O)[C@H]2[C@@H](/C=C(\C)C(=O)OC)C2(C)C)CC1=O. The summed E-state index contributed by atoms with van der Waals surface area (Å²) in [4.78, 5) is 36.5. The van der Waals surface area contributed by atoms with Gasteiger partial charge in [-0.3, -0.25) is 9.59 Å². The van der Waals surface area contributed by atoms with Crippen LogP contribution in [0.3, 0.4) is 0 Å². The molecule has 2 rings (SSSR count). The molecule has 0 aromatic rings. The van der Waals surface area contributed by atoms with Gasteiger partial charge in [0.05, 0.1) is 19.4 Å². The second-order valence-corrected chi connectivity index (χ2v) is 7.75. The molecule has 0 aliphatic heterocycles. The molecule has 0 N–H and O–H groups in total. The van der Waals surface area contributed by atoms with E-state index in [0.29, 0.717) is 17.6 Å². The molecule has 2 aliphatic carbocycles. The predicted octanol–water partition coefficient (Wildman–Crippen LogP) is 3.71. The highest BCUT2D eigenvalue weighted by Gasteiger charge is 2.62. The lowest BCUT2D eigenvalue weighted by Crippen LogP contribution is -2.20. The van der Waals surface area contributed by atoms with Crippen molar-refractivity contribution in [3.63, 3.8) is 0 Å². The highest BCUT2D eigenvalue weighted by Crippen LogP contribution is 2.60. The monoisotopic (exact) mass is 372 g/mol. The Hall–Kier alpha value is -2.43. The molecule has 5 heteroatoms. The van der Waals surface area contributed by atoms with E-state index >= 15 is 0 Å². The summed E-state index contributed by atoms with van der Waals surface area (Å²) in [5.41, 5.74) is 1.72. The smallest absolute Gasteiger partial charge is 0.333 e. The minimum atomic E-state index is -0.500. The Balaban J connectivity index is 2.07. The summed E-state index contributed by atoms with van der Waals surface area (Å²) in [6, 6.07) is 0. The van der Waals surface area contributed by atoms with Crippen LogP contribution in [0.4, 0.5) is 0 Å². The number of allylic oxidation sites excluding steroid dienone is 5. The van der Waals surface area contributed by atoms with Gasteiger partial charge in [0.15, 0.2) is 5.78 Å². The van der Waals surface area contributed by atoms with E-state index in [9.17, 15) is 14.4 Å². The molecular formula is C22H28O5. The molecule has 2 aliphatic rings. The largest absolute Gasteiger partial charge is 0.466 e. The number of carbonyl (C=O) groups is 3. The van der Waals surface area contributed by atoms with Crippen molar-refractivity contribution in [2.75, 3.05) is 7.11 Å². The molecule has 27 heavy (non-hydrogen) atoms. The summed E-state index contributed by atoms with van der Waals surface area (Å²) in [5.74, 6) is -1.11. The third-order valence-corrected chi connectivity index (χ3v) is 5.62. The summed E-state index contributed by atoms with van der Waals surface area (Å²) in [6.45, 7) is 11.1. The zero-order valence-electron chi connectivity index (χ0n) is 16.7. The van der Waals surface area contributed by atoms with Gasteiger partial charge in [-0.05, 0) is 37.2 Å². The average Bonchev–Trinajstić information content (AvgIpc) is 3.05. The second-order valence-electron chi connectivity index (χ2n) is 7.75. The number of rotatable bonds is 7. The summed E-state index contributed by atoms with van der Waals surface area (Å²) in [7, 11) is 1.33. The van der Waals surface area contributed by atoms with Crippen molar-refractivity contribution in [1.82, 2.24) is 0 Å². The van der Waals surface area contributed by atoms with Gasteiger partial charge in [0.25, 0.3) is 0 Å². The van der Waals surface area contributed by atoms with E-state index in [2.05, 4.69) is 6.58 Å². The molecule has 0 saturated heterocycles. The van der Waals surface area contributed by atoms with Crippen LogP contribution < -0.4 is 0 Å². The predicted molar refractivity (Wildman–Crippen MR) is 103 cm³/mol. The number of ether oxygens (including phenoxy) is 2. The van der Waals surface area contributed by atoms with Gasteiger partial charge in [0.2, 0.25) is 0 Å². The number of ketones is 1. The molecule has 0 aromatic carbocycles. The molecule has 146 valence electrons. The fraction of sp³-hybridized carbons (Fsp3) is 0.500. The van der Waals surface area contributed by atoms with Crippen molar-refractivity contribution < 1.29 is 23.9 Å². The first-order valence-corrected chi connectivity index (χ1v) is 9.12. The lowest BCUT2D eigenvalue weighted by Gasteiger charge is -2.13. The van der Waals surface area contributed by atoms with Crippen molar-refractivity contribution in [3.8, 4) is 0 Å². The Kier molecular flexibility index (Phi) is 6.24. The first kappa shape index (κ1) is 20.9. The van der Waals surface area contributed by atoms with Crippen LogP contribution in [0.25, 0.3) is 0 Å². The Morgan fingerprint density at radius 2 is 2.00 bits per heavy atom. The van der Waals surface area contributed by atoms with Gasteiger partial charge in [0.1, 0.15) is 6.10 Å². The first-order chi connectivity index (χ1) is 12.6. The van der Waals surface area contributed by atoms with E-state index in [0.717, 1.165) is 5.57 Å². The molecule has 0 bridgehead atoms. The van der Waals surface area contributed by atoms with Gasteiger partial charge in [-0.2, -0.15) is 0 Å². The molecule has 5 nitrogen and oxygen atoms in total. The van der Waals surface area contributed by atoms with Crippen LogP contribution in [-0.2, 0) is 23.9 Å². The van der Waals surface area contributed by atoms with Crippen LogP contribution >= 0.6 is 0 Å². The number of Topliss-reactive ketones (excluding diaryl/α,β-unsaturated/α-hetero) is 1. The fourth-order valence-electron chi connectivity index (χ4n) is 3.70. The summed E-state index contributed by atoms with van der Waals surface area (Å²) >= 11 is 0. The molecule has 1 fully saturated rings. The van der Waals surface area contributed by atoms with Gasteiger partial charge in [-0.25, -0.2) is 4.79 Å². The van der Waals surface area contributed by atoms with Crippen molar-refractivity contribution in [2.45, 2.75) is 46.6 Å². The van der Waals surface area contributed by atoms with Crippen LogP contribution in [0.2, 0.25) is 0 Å². The Labute approximate surface area is 160 Å². The van der Waals surface area contributed by atoms with Crippen molar-refractivity contribution in [1.29, 1.82) is 0 Å². The zero-order valence-corrected chi connectivity index (χ0v) is 16.7. The molecule has 0 spiro atoms. The Bertz CT molecular complexity index is 751. The molecule has 0 aromatic heterocycles. The van der Waals surface area contributed by atoms with Crippen LogP contribution in [-0.4, -0.2) is 30.9 Å². The number of hydrogen-bond donors (Lipinski definition) is 0. The highest BCUT2D eigenvalue weighted by atomic mass is 16.5. The van der Waals surface area contributed by atoms with Gasteiger partial charge >= 0.3 is 11.9 Å². The first-order valence-electron chi connectivity index (χ1n) is 9.12. The van der Waals surface area contributed by atoms with Gasteiger partial charge in [0, 0.05) is 11.1 Å². The summed E-state index contributed by atoms with van der Waals surface area (Å²) in [5, 5.41) is 0. The summed E-state index contributed by atoms with van der Waals surface area (Å²) in [6.07, 6.45) is 7.32. The van der Waals surface area contributed by atoms with Crippen LogP contribution in [0.15, 0.2) is 47.6 Å². The van der Waals surface area contributed by atoms with E-state index in [1.54, 1.807) is 25.2 Å². The molecule has 0 amide bonds. The Morgan fingerprint density at radius 1 is 1.33 bits per heavy atom. The lowest BCUT2D eigenvalue weighted by molar-refractivity contribution is -0.150. The van der Waals surface area contributed by atoms with Gasteiger partial charge < -0.3 is 9.47 Å². The minimum Gasteiger partial charge on any atom is -0.466 e. The maximum Gasteiger partial charge on any atom is 0.333 e. The minimum absolute atomic E-state index is 0.0204. The molecule has 0 radical (unpaired) electrons. The van der Waals surface area contributed by atoms with Crippen molar-refractivity contribution in [3.05, 3.63) is 47.6 Å². The molecule has 1 saturated carbocycles. The maximum absolute atomic E-state index is 12.7. The van der Waals surface area contributed by atoms with E-state index in [4.69, 9.17) is 9.47 Å².